The normalized spacial score (nSPS) is 10.0. The van der Waals surface area contributed by atoms with Gasteiger partial charge in [-0.15, -0.1) is 17.0 Å². The summed E-state index contributed by atoms with van der Waals surface area (Å²) < 4.78 is 0. The fourth-order valence-electron chi connectivity index (χ4n) is 1.37. The third kappa shape index (κ3) is 13.7. The Hall–Kier alpha value is -0.390. The van der Waals surface area contributed by atoms with Crippen molar-refractivity contribution >= 4 is 22.9 Å². The molecule has 0 aliphatic carbocycles. The zero-order chi connectivity index (χ0) is 13.1. The van der Waals surface area contributed by atoms with E-state index in [-0.39, 0.29) is 22.9 Å². The molecule has 5 heteroatoms. The first-order valence-electron chi connectivity index (χ1n) is 6.33. The van der Waals surface area contributed by atoms with Crippen LogP contribution >= 0.6 is 17.0 Å². The van der Waals surface area contributed by atoms with E-state index in [4.69, 9.17) is 0 Å². The van der Waals surface area contributed by atoms with Crippen molar-refractivity contribution in [2.45, 2.75) is 26.2 Å². The van der Waals surface area contributed by atoms with Crippen molar-refractivity contribution < 1.29 is 4.79 Å². The molecule has 0 aliphatic heterocycles. The van der Waals surface area contributed by atoms with Crippen LogP contribution in [0.25, 0.3) is 0 Å². The molecule has 0 unspecified atom stereocenters. The van der Waals surface area contributed by atoms with E-state index in [0.29, 0.717) is 5.57 Å². The molecule has 0 aliphatic rings. The van der Waals surface area contributed by atoms with Gasteiger partial charge in [-0.1, -0.05) is 6.58 Å². The van der Waals surface area contributed by atoms with Gasteiger partial charge in [0.15, 0.2) is 0 Å². The molecule has 0 saturated heterocycles. The predicted molar refractivity (Wildman–Crippen MR) is 83.4 cm³/mol. The topological polar surface area (TPSA) is 44.4 Å². The summed E-state index contributed by atoms with van der Waals surface area (Å²) in [5, 5.41) is 6.22. The van der Waals surface area contributed by atoms with Gasteiger partial charge in [-0.3, -0.25) is 4.79 Å². The van der Waals surface area contributed by atoms with Crippen molar-refractivity contribution in [2.24, 2.45) is 0 Å². The molecule has 108 valence electrons. The zero-order valence-electron chi connectivity index (χ0n) is 11.9. The van der Waals surface area contributed by atoms with Crippen LogP contribution < -0.4 is 10.6 Å². The highest BCUT2D eigenvalue weighted by Gasteiger charge is 1.99. The molecule has 0 aromatic rings. The van der Waals surface area contributed by atoms with Crippen molar-refractivity contribution in [1.29, 1.82) is 0 Å². The Morgan fingerprint density at radius 2 is 1.67 bits per heavy atom. The van der Waals surface area contributed by atoms with Gasteiger partial charge in [0.1, 0.15) is 0 Å². The van der Waals surface area contributed by atoms with Crippen LogP contribution in [-0.4, -0.2) is 51.1 Å². The maximum Gasteiger partial charge on any atom is 0.246 e. The summed E-state index contributed by atoms with van der Waals surface area (Å²) in [6, 6.07) is 0. The molecule has 0 saturated carbocycles. The predicted octanol–water partition coefficient (Wildman–Crippen LogP) is 1.58. The Labute approximate surface area is 122 Å². The first-order chi connectivity index (χ1) is 8.04. The molecule has 0 atom stereocenters. The van der Waals surface area contributed by atoms with Crippen molar-refractivity contribution in [1.82, 2.24) is 15.5 Å². The van der Waals surface area contributed by atoms with Gasteiger partial charge in [-0.2, -0.15) is 0 Å². The fourth-order valence-corrected chi connectivity index (χ4v) is 1.37. The van der Waals surface area contributed by atoms with Gasteiger partial charge >= 0.3 is 0 Å². The lowest BCUT2D eigenvalue weighted by Gasteiger charge is -2.09. The van der Waals surface area contributed by atoms with E-state index in [1.54, 1.807) is 6.92 Å². The smallest absolute Gasteiger partial charge is 0.246 e. The molecular weight excluding hydrogens is 294 g/mol. The van der Waals surface area contributed by atoms with E-state index in [9.17, 15) is 4.79 Å². The van der Waals surface area contributed by atoms with Gasteiger partial charge < -0.3 is 15.5 Å². The minimum atomic E-state index is -0.0380. The van der Waals surface area contributed by atoms with E-state index in [1.807, 2.05) is 0 Å². The molecule has 4 nitrogen and oxygen atoms in total. The molecule has 0 aromatic heterocycles. The number of carbonyl (C=O) groups is 1. The Morgan fingerprint density at radius 1 is 1.11 bits per heavy atom. The Balaban J connectivity index is 0. The van der Waals surface area contributed by atoms with Gasteiger partial charge in [0.05, 0.1) is 0 Å². The number of nitrogens with zero attached hydrogens (tertiary/aromatic N) is 1. The highest BCUT2D eigenvalue weighted by molar-refractivity contribution is 8.93. The summed E-state index contributed by atoms with van der Waals surface area (Å²) in [7, 11) is 4.18. The highest BCUT2D eigenvalue weighted by Crippen LogP contribution is 1.89. The molecule has 0 aromatic carbocycles. The second-order valence-corrected chi connectivity index (χ2v) is 4.65. The number of nitrogens with one attached hydrogen (secondary N) is 2. The minimum absolute atomic E-state index is 0. The summed E-state index contributed by atoms with van der Waals surface area (Å²) in [6.45, 7) is 9.27. The minimum Gasteiger partial charge on any atom is -0.352 e. The SMILES string of the molecule is Br.C=C(C)C(=O)NCCCCNCCCN(C)C. The number of unbranched alkanes of at least 4 members (excludes halogenated alkanes) is 1. The van der Waals surface area contributed by atoms with Crippen LogP contribution in [-0.2, 0) is 4.79 Å². The fraction of sp³-hybridized carbons (Fsp3) is 0.769. The first-order valence-corrected chi connectivity index (χ1v) is 6.33. The summed E-state index contributed by atoms with van der Waals surface area (Å²) in [6.07, 6.45) is 3.29. The number of hydrogen-bond donors (Lipinski definition) is 2. The third-order valence-corrected chi connectivity index (χ3v) is 2.41. The van der Waals surface area contributed by atoms with Crippen LogP contribution in [0.4, 0.5) is 0 Å². The van der Waals surface area contributed by atoms with E-state index in [0.717, 1.165) is 39.0 Å². The summed E-state index contributed by atoms with van der Waals surface area (Å²) in [4.78, 5) is 13.3. The van der Waals surface area contributed by atoms with E-state index in [2.05, 4.69) is 36.2 Å². The van der Waals surface area contributed by atoms with Crippen LogP contribution in [0.2, 0.25) is 0 Å². The first kappa shape index (κ1) is 19.9. The van der Waals surface area contributed by atoms with Crippen LogP contribution in [0.3, 0.4) is 0 Å². The monoisotopic (exact) mass is 321 g/mol. The Bertz CT molecular complexity index is 232. The molecular formula is C13H28BrN3O. The van der Waals surface area contributed by atoms with Gasteiger partial charge in [0.2, 0.25) is 5.91 Å². The zero-order valence-corrected chi connectivity index (χ0v) is 13.6. The lowest BCUT2D eigenvalue weighted by atomic mass is 10.3. The lowest BCUT2D eigenvalue weighted by molar-refractivity contribution is -0.117. The number of amides is 1. The quantitative estimate of drug-likeness (QED) is 0.474. The molecule has 1 amide bonds. The second-order valence-electron chi connectivity index (χ2n) is 4.65. The third-order valence-electron chi connectivity index (χ3n) is 2.41. The van der Waals surface area contributed by atoms with Crippen molar-refractivity contribution in [3.05, 3.63) is 12.2 Å². The number of carbonyl (C=O) groups excluding carboxylic acids is 1. The van der Waals surface area contributed by atoms with E-state index >= 15 is 0 Å². The maximum atomic E-state index is 11.1. The summed E-state index contributed by atoms with van der Waals surface area (Å²) >= 11 is 0. The summed E-state index contributed by atoms with van der Waals surface area (Å²) in [5.41, 5.74) is 0.576. The number of rotatable bonds is 10. The van der Waals surface area contributed by atoms with Crippen LogP contribution in [0, 0.1) is 0 Å². The lowest BCUT2D eigenvalue weighted by Crippen LogP contribution is -2.26. The molecule has 0 rings (SSSR count). The molecule has 2 N–H and O–H groups in total. The average molecular weight is 322 g/mol. The largest absolute Gasteiger partial charge is 0.352 e. The van der Waals surface area contributed by atoms with E-state index in [1.165, 1.54) is 6.42 Å². The van der Waals surface area contributed by atoms with Crippen LogP contribution in [0.15, 0.2) is 12.2 Å². The molecule has 0 fully saturated rings. The van der Waals surface area contributed by atoms with Crippen molar-refractivity contribution in [3.63, 3.8) is 0 Å². The van der Waals surface area contributed by atoms with Crippen molar-refractivity contribution in [3.8, 4) is 0 Å². The van der Waals surface area contributed by atoms with Crippen LogP contribution in [0.1, 0.15) is 26.2 Å². The highest BCUT2D eigenvalue weighted by atomic mass is 79.9. The van der Waals surface area contributed by atoms with Crippen LogP contribution in [0.5, 0.6) is 0 Å². The average Bonchev–Trinajstić information content (AvgIpc) is 2.25. The molecule has 0 radical (unpaired) electrons. The van der Waals surface area contributed by atoms with E-state index < -0.39 is 0 Å². The standard InChI is InChI=1S/C13H27N3O.BrH/c1-12(2)13(17)15-10-6-5-8-14-9-7-11-16(3)4;/h14H,1,5-11H2,2-4H3,(H,15,17);1H. The maximum absolute atomic E-state index is 11.1. The molecule has 18 heavy (non-hydrogen) atoms. The second kappa shape index (κ2) is 13.1. The van der Waals surface area contributed by atoms with Gasteiger partial charge in [-0.25, -0.2) is 0 Å². The van der Waals surface area contributed by atoms with Gasteiger partial charge in [0.25, 0.3) is 0 Å². The van der Waals surface area contributed by atoms with Crippen molar-refractivity contribution in [2.75, 3.05) is 40.3 Å². The molecule has 0 spiro atoms. The molecule has 0 bridgehead atoms. The molecule has 0 heterocycles. The number of halogens is 1. The number of hydrogen-bond acceptors (Lipinski definition) is 3. The van der Waals surface area contributed by atoms with Gasteiger partial charge in [-0.05, 0) is 59.9 Å². The van der Waals surface area contributed by atoms with Gasteiger partial charge in [0, 0.05) is 12.1 Å². The summed E-state index contributed by atoms with van der Waals surface area (Å²) in [5.74, 6) is -0.0380. The Morgan fingerprint density at radius 3 is 2.22 bits per heavy atom. The Kier molecular flexibility index (Phi) is 14.5.